The fourth-order valence-electron chi connectivity index (χ4n) is 1.98. The fourth-order valence-corrected chi connectivity index (χ4v) is 1.98. The van der Waals surface area contributed by atoms with E-state index < -0.39 is 0 Å². The van der Waals surface area contributed by atoms with Crippen molar-refractivity contribution < 1.29 is 14.3 Å². The zero-order valence-corrected chi connectivity index (χ0v) is 11.6. The first-order valence-electron chi connectivity index (χ1n) is 6.45. The van der Waals surface area contributed by atoms with Gasteiger partial charge in [-0.25, -0.2) is 0 Å². The van der Waals surface area contributed by atoms with Gasteiger partial charge in [0.25, 0.3) is 0 Å². The molecule has 0 unspecified atom stereocenters. The van der Waals surface area contributed by atoms with Gasteiger partial charge in [-0.2, -0.15) is 0 Å². The number of anilines is 1. The van der Waals surface area contributed by atoms with Gasteiger partial charge >= 0.3 is 0 Å². The summed E-state index contributed by atoms with van der Waals surface area (Å²) in [5, 5.41) is 2.76. The minimum Gasteiger partial charge on any atom is -0.491 e. The van der Waals surface area contributed by atoms with Gasteiger partial charge in [-0.3, -0.25) is 9.59 Å². The molecule has 0 radical (unpaired) electrons. The van der Waals surface area contributed by atoms with Crippen LogP contribution in [0.1, 0.15) is 44.0 Å². The molecule has 1 N–H and O–H groups in total. The molecule has 1 aromatic carbocycles. The molecule has 0 saturated carbocycles. The summed E-state index contributed by atoms with van der Waals surface area (Å²) >= 11 is 0. The number of ether oxygens (including phenoxy) is 1. The molecule has 1 aromatic rings. The highest BCUT2D eigenvalue weighted by atomic mass is 16.5. The number of rotatable bonds is 2. The van der Waals surface area contributed by atoms with E-state index in [-0.39, 0.29) is 17.1 Å². The number of amides is 1. The van der Waals surface area contributed by atoms with Crippen LogP contribution in [0.5, 0.6) is 5.75 Å². The Hall–Kier alpha value is -1.84. The van der Waals surface area contributed by atoms with E-state index >= 15 is 0 Å². The molecule has 1 amide bonds. The highest BCUT2D eigenvalue weighted by Gasteiger charge is 2.20. The van der Waals surface area contributed by atoms with Gasteiger partial charge in [-0.05, 0) is 23.6 Å². The summed E-state index contributed by atoms with van der Waals surface area (Å²) < 4.78 is 5.46. The predicted molar refractivity (Wildman–Crippen MR) is 73.6 cm³/mol. The lowest BCUT2D eigenvalue weighted by Crippen LogP contribution is -2.14. The molecule has 4 heteroatoms. The van der Waals surface area contributed by atoms with Crippen LogP contribution in [-0.2, 0) is 4.79 Å². The Morgan fingerprint density at radius 1 is 1.37 bits per heavy atom. The fraction of sp³-hybridized carbons (Fsp3) is 0.467. The molecule has 2 rings (SSSR count). The molecule has 19 heavy (non-hydrogen) atoms. The SMILES string of the molecule is CC(C)(C)CC(=O)c1ccc2c(c1)NC(=O)CCO2. The van der Waals surface area contributed by atoms with E-state index in [1.54, 1.807) is 18.2 Å². The number of hydrogen-bond donors (Lipinski definition) is 1. The van der Waals surface area contributed by atoms with Crippen LogP contribution in [0.4, 0.5) is 5.69 Å². The quantitative estimate of drug-likeness (QED) is 0.832. The van der Waals surface area contributed by atoms with Gasteiger partial charge in [0.15, 0.2) is 5.78 Å². The maximum Gasteiger partial charge on any atom is 0.227 e. The van der Waals surface area contributed by atoms with Crippen molar-refractivity contribution in [2.24, 2.45) is 5.41 Å². The number of ketones is 1. The second-order valence-electron chi connectivity index (χ2n) is 6.02. The third-order valence-corrected chi connectivity index (χ3v) is 2.85. The molecule has 0 fully saturated rings. The first-order chi connectivity index (χ1) is 8.85. The van der Waals surface area contributed by atoms with E-state index in [1.807, 2.05) is 20.8 Å². The number of nitrogens with one attached hydrogen (secondary N) is 1. The van der Waals surface area contributed by atoms with E-state index in [4.69, 9.17) is 4.74 Å². The molecule has 1 aliphatic rings. The maximum atomic E-state index is 12.2. The molecule has 4 nitrogen and oxygen atoms in total. The molecular weight excluding hydrogens is 242 g/mol. The Morgan fingerprint density at radius 2 is 2.11 bits per heavy atom. The first-order valence-corrected chi connectivity index (χ1v) is 6.45. The first kappa shape index (κ1) is 13.6. The molecule has 0 bridgehead atoms. The van der Waals surface area contributed by atoms with Gasteiger partial charge in [0.2, 0.25) is 5.91 Å². The van der Waals surface area contributed by atoms with E-state index in [1.165, 1.54) is 0 Å². The number of fused-ring (bicyclic) bond motifs is 1. The van der Waals surface area contributed by atoms with E-state index in [9.17, 15) is 9.59 Å². The van der Waals surface area contributed by atoms with Gasteiger partial charge in [0, 0.05) is 12.0 Å². The summed E-state index contributed by atoms with van der Waals surface area (Å²) in [6.07, 6.45) is 0.806. The largest absolute Gasteiger partial charge is 0.491 e. The number of benzene rings is 1. The molecule has 0 aliphatic carbocycles. The highest BCUT2D eigenvalue weighted by molar-refractivity contribution is 6.00. The van der Waals surface area contributed by atoms with Crippen molar-refractivity contribution in [3.05, 3.63) is 23.8 Å². The Labute approximate surface area is 113 Å². The zero-order chi connectivity index (χ0) is 14.0. The molecular formula is C15H19NO3. The summed E-state index contributed by atoms with van der Waals surface area (Å²) in [5.41, 5.74) is 1.14. The van der Waals surface area contributed by atoms with Gasteiger partial charge < -0.3 is 10.1 Å². The second-order valence-corrected chi connectivity index (χ2v) is 6.02. The smallest absolute Gasteiger partial charge is 0.227 e. The number of carbonyl (C=O) groups excluding carboxylic acids is 2. The second kappa shape index (κ2) is 5.03. The normalized spacial score (nSPS) is 15.0. The summed E-state index contributed by atoms with van der Waals surface area (Å²) in [7, 11) is 0. The van der Waals surface area contributed by atoms with Crippen LogP contribution >= 0.6 is 0 Å². The number of carbonyl (C=O) groups is 2. The lowest BCUT2D eigenvalue weighted by atomic mass is 9.88. The van der Waals surface area contributed by atoms with Crippen LogP contribution in [0.3, 0.4) is 0 Å². The molecule has 0 saturated heterocycles. The van der Waals surface area contributed by atoms with Crippen LogP contribution in [0, 0.1) is 5.41 Å². The monoisotopic (exact) mass is 261 g/mol. The Bertz CT molecular complexity index is 515. The van der Waals surface area contributed by atoms with E-state index in [0.29, 0.717) is 36.4 Å². The van der Waals surface area contributed by atoms with Crippen molar-refractivity contribution in [2.75, 3.05) is 11.9 Å². The summed E-state index contributed by atoms with van der Waals surface area (Å²) in [5.74, 6) is 0.617. The lowest BCUT2D eigenvalue weighted by Gasteiger charge is -2.17. The Kier molecular flexibility index (Phi) is 3.60. The number of hydrogen-bond acceptors (Lipinski definition) is 3. The lowest BCUT2D eigenvalue weighted by molar-refractivity contribution is -0.116. The summed E-state index contributed by atoms with van der Waals surface area (Å²) in [6, 6.07) is 5.20. The van der Waals surface area contributed by atoms with Crippen molar-refractivity contribution in [1.29, 1.82) is 0 Å². The zero-order valence-electron chi connectivity index (χ0n) is 11.6. The molecule has 0 atom stereocenters. The minimum absolute atomic E-state index is 0.0520. The minimum atomic E-state index is -0.0841. The standard InChI is InChI=1S/C15H19NO3/c1-15(2,3)9-12(17)10-4-5-13-11(8-10)16-14(18)6-7-19-13/h4-5,8H,6-7,9H2,1-3H3,(H,16,18). The summed E-state index contributed by atoms with van der Waals surface area (Å²) in [6.45, 7) is 6.45. The van der Waals surface area contributed by atoms with Crippen molar-refractivity contribution in [3.8, 4) is 5.75 Å². The third kappa shape index (κ3) is 3.56. The van der Waals surface area contributed by atoms with E-state index in [2.05, 4.69) is 5.32 Å². The van der Waals surface area contributed by atoms with Crippen LogP contribution in [0.15, 0.2) is 18.2 Å². The van der Waals surface area contributed by atoms with Crippen LogP contribution < -0.4 is 10.1 Å². The third-order valence-electron chi connectivity index (χ3n) is 2.85. The molecule has 102 valence electrons. The van der Waals surface area contributed by atoms with Gasteiger partial charge in [0.05, 0.1) is 18.7 Å². The maximum absolute atomic E-state index is 12.2. The predicted octanol–water partition coefficient (Wildman–Crippen LogP) is 3.03. The Balaban J connectivity index is 2.25. The van der Waals surface area contributed by atoms with Crippen molar-refractivity contribution in [2.45, 2.75) is 33.6 Å². The van der Waals surface area contributed by atoms with Crippen molar-refractivity contribution in [1.82, 2.24) is 0 Å². The summed E-state index contributed by atoms with van der Waals surface area (Å²) in [4.78, 5) is 23.6. The van der Waals surface area contributed by atoms with Crippen LogP contribution in [0.25, 0.3) is 0 Å². The van der Waals surface area contributed by atoms with Crippen LogP contribution in [0.2, 0.25) is 0 Å². The van der Waals surface area contributed by atoms with Crippen molar-refractivity contribution in [3.63, 3.8) is 0 Å². The average Bonchev–Trinajstić information content (AvgIpc) is 2.46. The molecule has 0 spiro atoms. The molecule has 0 aromatic heterocycles. The van der Waals surface area contributed by atoms with Gasteiger partial charge in [0.1, 0.15) is 5.75 Å². The van der Waals surface area contributed by atoms with Crippen LogP contribution in [-0.4, -0.2) is 18.3 Å². The topological polar surface area (TPSA) is 55.4 Å². The van der Waals surface area contributed by atoms with Gasteiger partial charge in [-0.15, -0.1) is 0 Å². The average molecular weight is 261 g/mol. The van der Waals surface area contributed by atoms with Gasteiger partial charge in [-0.1, -0.05) is 20.8 Å². The highest BCUT2D eigenvalue weighted by Crippen LogP contribution is 2.30. The molecule has 1 heterocycles. The van der Waals surface area contributed by atoms with Crippen molar-refractivity contribution >= 4 is 17.4 Å². The Morgan fingerprint density at radius 3 is 2.79 bits per heavy atom. The molecule has 1 aliphatic heterocycles. The van der Waals surface area contributed by atoms with E-state index in [0.717, 1.165) is 0 Å². The number of Topliss-reactive ketones (excluding diaryl/α,β-unsaturated/α-hetero) is 1.